The number of aromatic amines is 1. The van der Waals surface area contributed by atoms with Gasteiger partial charge in [-0.05, 0) is 24.3 Å². The van der Waals surface area contributed by atoms with Gasteiger partial charge in [-0.3, -0.25) is 4.98 Å². The summed E-state index contributed by atoms with van der Waals surface area (Å²) in [7, 11) is 0. The lowest BCUT2D eigenvalue weighted by atomic mass is 10.3. The van der Waals surface area contributed by atoms with Crippen LogP contribution >= 0.6 is 0 Å². The van der Waals surface area contributed by atoms with Gasteiger partial charge in [0, 0.05) is 24.0 Å². The number of rotatable bonds is 3. The fourth-order valence-electron chi connectivity index (χ4n) is 1.84. The minimum absolute atomic E-state index is 0.259. The zero-order valence-corrected chi connectivity index (χ0v) is 10.1. The molecule has 0 aliphatic heterocycles. The van der Waals surface area contributed by atoms with E-state index in [-0.39, 0.29) is 6.61 Å². The van der Waals surface area contributed by atoms with Crippen LogP contribution in [-0.4, -0.2) is 21.6 Å². The molecule has 2 heterocycles. The third-order valence-electron chi connectivity index (χ3n) is 2.71. The Hall–Kier alpha value is -2.80. The van der Waals surface area contributed by atoms with E-state index >= 15 is 0 Å². The van der Waals surface area contributed by atoms with E-state index in [2.05, 4.69) is 20.9 Å². The van der Waals surface area contributed by atoms with E-state index in [4.69, 9.17) is 11.2 Å². The van der Waals surface area contributed by atoms with E-state index in [0.717, 1.165) is 28.2 Å². The van der Waals surface area contributed by atoms with Crippen LogP contribution in [0.4, 0.5) is 0 Å². The Morgan fingerprint density at radius 1 is 1.32 bits per heavy atom. The van der Waals surface area contributed by atoms with Gasteiger partial charge in [-0.15, -0.1) is 6.42 Å². The number of benzene rings is 1. The molecule has 4 heteroatoms. The van der Waals surface area contributed by atoms with E-state index in [9.17, 15) is 0 Å². The van der Waals surface area contributed by atoms with Crippen molar-refractivity contribution in [1.82, 2.24) is 15.0 Å². The highest BCUT2D eigenvalue weighted by Crippen LogP contribution is 2.23. The zero-order valence-electron chi connectivity index (χ0n) is 10.1. The van der Waals surface area contributed by atoms with E-state index in [1.54, 1.807) is 12.4 Å². The summed E-state index contributed by atoms with van der Waals surface area (Å²) >= 11 is 0. The third-order valence-corrected chi connectivity index (χ3v) is 2.71. The maximum Gasteiger partial charge on any atom is 0.148 e. The molecule has 0 atom stereocenters. The third kappa shape index (κ3) is 2.26. The quantitative estimate of drug-likeness (QED) is 0.726. The first-order valence-electron chi connectivity index (χ1n) is 5.83. The summed E-state index contributed by atoms with van der Waals surface area (Å²) in [6.07, 6.45) is 8.67. The highest BCUT2D eigenvalue weighted by atomic mass is 16.5. The summed E-state index contributed by atoms with van der Waals surface area (Å²) < 4.78 is 5.38. The Kier molecular flexibility index (Phi) is 2.87. The second-order valence-corrected chi connectivity index (χ2v) is 4.00. The second kappa shape index (κ2) is 4.83. The predicted molar refractivity (Wildman–Crippen MR) is 73.7 cm³/mol. The zero-order chi connectivity index (χ0) is 13.1. The van der Waals surface area contributed by atoms with Gasteiger partial charge in [0.05, 0.1) is 11.0 Å². The highest BCUT2D eigenvalue weighted by molar-refractivity contribution is 5.80. The molecule has 0 aliphatic carbocycles. The molecule has 0 bridgehead atoms. The molecular weight excluding hydrogens is 238 g/mol. The largest absolute Gasteiger partial charge is 0.481 e. The Bertz CT molecular complexity index is 741. The molecule has 2 aromatic heterocycles. The number of pyridine rings is 1. The standard InChI is InChI=1S/C15H11N3O/c1-2-8-19-12-5-6-13-14(9-12)18-15(17-13)11-4-3-7-16-10-11/h1,3-7,9-10H,8H2,(H,17,18). The van der Waals surface area contributed by atoms with Gasteiger partial charge >= 0.3 is 0 Å². The molecular formula is C15H11N3O. The molecule has 19 heavy (non-hydrogen) atoms. The van der Waals surface area contributed by atoms with Crippen molar-refractivity contribution in [2.24, 2.45) is 0 Å². The maximum atomic E-state index is 5.38. The van der Waals surface area contributed by atoms with Crippen LogP contribution in [0.2, 0.25) is 0 Å². The van der Waals surface area contributed by atoms with Gasteiger partial charge in [0.1, 0.15) is 18.2 Å². The number of ether oxygens (including phenoxy) is 1. The number of fused-ring (bicyclic) bond motifs is 1. The molecule has 0 saturated carbocycles. The second-order valence-electron chi connectivity index (χ2n) is 4.00. The first-order chi connectivity index (χ1) is 9.36. The highest BCUT2D eigenvalue weighted by Gasteiger charge is 2.06. The minimum Gasteiger partial charge on any atom is -0.481 e. The summed E-state index contributed by atoms with van der Waals surface area (Å²) in [5.41, 5.74) is 2.74. The van der Waals surface area contributed by atoms with Crippen molar-refractivity contribution in [2.45, 2.75) is 0 Å². The summed E-state index contributed by atoms with van der Waals surface area (Å²) in [6.45, 7) is 0.259. The number of aromatic nitrogens is 3. The molecule has 0 unspecified atom stereocenters. The van der Waals surface area contributed by atoms with Crippen molar-refractivity contribution in [3.8, 4) is 29.5 Å². The fourth-order valence-corrected chi connectivity index (χ4v) is 1.84. The minimum atomic E-state index is 0.259. The SMILES string of the molecule is C#CCOc1ccc2nc(-c3cccnc3)[nH]c2c1. The van der Waals surface area contributed by atoms with Crippen LogP contribution in [0.1, 0.15) is 0 Å². The van der Waals surface area contributed by atoms with Crippen molar-refractivity contribution in [1.29, 1.82) is 0 Å². The van der Waals surface area contributed by atoms with Crippen LogP contribution in [0.25, 0.3) is 22.4 Å². The van der Waals surface area contributed by atoms with Crippen LogP contribution in [0, 0.1) is 12.3 Å². The molecule has 0 spiro atoms. The van der Waals surface area contributed by atoms with Gasteiger partial charge in [0.25, 0.3) is 0 Å². The molecule has 0 saturated heterocycles. The summed E-state index contributed by atoms with van der Waals surface area (Å²) in [6, 6.07) is 9.48. The average Bonchev–Trinajstić information content (AvgIpc) is 2.89. The van der Waals surface area contributed by atoms with Crippen molar-refractivity contribution < 1.29 is 4.74 Å². The lowest BCUT2D eigenvalue weighted by Crippen LogP contribution is -1.92. The number of nitrogens with zero attached hydrogens (tertiary/aromatic N) is 2. The lowest BCUT2D eigenvalue weighted by Gasteiger charge is -2.00. The molecule has 3 rings (SSSR count). The molecule has 0 fully saturated rings. The average molecular weight is 249 g/mol. The smallest absolute Gasteiger partial charge is 0.148 e. The summed E-state index contributed by atoms with van der Waals surface area (Å²) in [4.78, 5) is 11.8. The van der Waals surface area contributed by atoms with Crippen LogP contribution in [0.3, 0.4) is 0 Å². The van der Waals surface area contributed by atoms with Gasteiger partial charge in [-0.1, -0.05) is 5.92 Å². The van der Waals surface area contributed by atoms with E-state index in [1.165, 1.54) is 0 Å². The molecule has 0 aliphatic rings. The normalized spacial score (nSPS) is 10.3. The number of terminal acetylenes is 1. The first kappa shape index (κ1) is 11.3. The number of hydrogen-bond donors (Lipinski definition) is 1. The predicted octanol–water partition coefficient (Wildman–Crippen LogP) is 2.64. The van der Waals surface area contributed by atoms with E-state index < -0.39 is 0 Å². The molecule has 4 nitrogen and oxygen atoms in total. The van der Waals surface area contributed by atoms with Gasteiger partial charge < -0.3 is 9.72 Å². The Labute approximate surface area is 110 Å². The van der Waals surface area contributed by atoms with Crippen molar-refractivity contribution in [3.05, 3.63) is 42.7 Å². The van der Waals surface area contributed by atoms with E-state index in [1.807, 2.05) is 30.3 Å². The van der Waals surface area contributed by atoms with Crippen molar-refractivity contribution in [3.63, 3.8) is 0 Å². The Balaban J connectivity index is 2.00. The van der Waals surface area contributed by atoms with Crippen LogP contribution in [0.5, 0.6) is 5.75 Å². The molecule has 1 aromatic carbocycles. The number of hydrogen-bond acceptors (Lipinski definition) is 3. The van der Waals surface area contributed by atoms with Crippen LogP contribution in [-0.2, 0) is 0 Å². The van der Waals surface area contributed by atoms with Gasteiger partial charge in [-0.25, -0.2) is 4.98 Å². The maximum absolute atomic E-state index is 5.38. The van der Waals surface area contributed by atoms with Gasteiger partial charge in [0.2, 0.25) is 0 Å². The molecule has 0 radical (unpaired) electrons. The first-order valence-corrected chi connectivity index (χ1v) is 5.83. The van der Waals surface area contributed by atoms with E-state index in [0.29, 0.717) is 0 Å². The van der Waals surface area contributed by atoms with Crippen LogP contribution in [0.15, 0.2) is 42.7 Å². The Morgan fingerprint density at radius 3 is 3.05 bits per heavy atom. The molecule has 1 N–H and O–H groups in total. The van der Waals surface area contributed by atoms with Crippen LogP contribution < -0.4 is 4.74 Å². The molecule has 0 amide bonds. The molecule has 92 valence electrons. The number of imidazole rings is 1. The number of nitrogens with one attached hydrogen (secondary N) is 1. The number of H-pyrrole nitrogens is 1. The summed E-state index contributed by atoms with van der Waals surface area (Å²) in [5, 5.41) is 0. The van der Waals surface area contributed by atoms with Gasteiger partial charge in [-0.2, -0.15) is 0 Å². The lowest BCUT2D eigenvalue weighted by molar-refractivity contribution is 0.371. The van der Waals surface area contributed by atoms with Crippen molar-refractivity contribution >= 4 is 11.0 Å². The fraction of sp³-hybridized carbons (Fsp3) is 0.0667. The topological polar surface area (TPSA) is 50.8 Å². The summed E-state index contributed by atoms with van der Waals surface area (Å²) in [5.74, 6) is 3.96. The van der Waals surface area contributed by atoms with Gasteiger partial charge in [0.15, 0.2) is 0 Å². The Morgan fingerprint density at radius 2 is 2.26 bits per heavy atom. The van der Waals surface area contributed by atoms with Crippen molar-refractivity contribution in [2.75, 3.05) is 6.61 Å². The molecule has 3 aromatic rings. The monoisotopic (exact) mass is 249 g/mol.